The van der Waals surface area contributed by atoms with Crippen LogP contribution in [0.25, 0.3) is 0 Å². The van der Waals surface area contributed by atoms with Crippen LogP contribution in [0.15, 0.2) is 0 Å². The Morgan fingerprint density at radius 3 is 2.71 bits per heavy atom. The largest absolute Gasteiger partial charge is 0.481 e. The quantitative estimate of drug-likeness (QED) is 0.362. The Bertz CT molecular complexity index is 307. The van der Waals surface area contributed by atoms with E-state index in [1.54, 1.807) is 0 Å². The summed E-state index contributed by atoms with van der Waals surface area (Å²) in [5, 5.41) is 13.4. The number of rotatable bonds is 7. The van der Waals surface area contributed by atoms with Gasteiger partial charge in [-0.15, -0.1) is 0 Å². The van der Waals surface area contributed by atoms with Gasteiger partial charge in [-0.05, 0) is 19.4 Å². The van der Waals surface area contributed by atoms with Crippen LogP contribution in [0.4, 0.5) is 4.79 Å². The maximum Gasteiger partial charge on any atom is 0.335 e. The minimum absolute atomic E-state index is 0.165. The molecule has 96 valence electrons. The number of urea groups is 1. The van der Waals surface area contributed by atoms with Gasteiger partial charge in [0.15, 0.2) is 6.17 Å². The molecule has 0 aromatic carbocycles. The van der Waals surface area contributed by atoms with E-state index in [0.717, 1.165) is 12.8 Å². The number of carbonyl (C=O) groups excluding carboxylic acids is 2. The molecule has 0 spiro atoms. The molecular weight excluding hydrogens is 228 g/mol. The van der Waals surface area contributed by atoms with E-state index in [2.05, 4.69) is 21.5 Å². The molecule has 1 unspecified atom stereocenters. The number of carboxylic acids is 1. The van der Waals surface area contributed by atoms with Crippen LogP contribution in [0, 0.1) is 0 Å². The van der Waals surface area contributed by atoms with Crippen molar-refractivity contribution in [2.75, 3.05) is 6.54 Å². The minimum Gasteiger partial charge on any atom is -0.481 e. The number of amides is 3. The second kappa shape index (κ2) is 6.81. The van der Waals surface area contributed by atoms with Crippen LogP contribution < -0.4 is 21.5 Å². The molecule has 1 aliphatic heterocycles. The maximum atomic E-state index is 11.2. The number of hydrogen-bond donors (Lipinski definition) is 5. The molecule has 1 rings (SSSR count). The van der Waals surface area contributed by atoms with E-state index >= 15 is 0 Å². The highest BCUT2D eigenvalue weighted by molar-refractivity contribution is 5.98. The molecule has 1 heterocycles. The first kappa shape index (κ1) is 13.4. The molecule has 17 heavy (non-hydrogen) atoms. The molecule has 1 saturated heterocycles. The normalized spacial score (nSPS) is 19.6. The highest BCUT2D eigenvalue weighted by atomic mass is 16.4. The molecule has 0 aromatic rings. The Kier molecular flexibility index (Phi) is 5.37. The van der Waals surface area contributed by atoms with E-state index < -0.39 is 24.1 Å². The van der Waals surface area contributed by atoms with Crippen molar-refractivity contribution in [1.29, 1.82) is 0 Å². The first-order chi connectivity index (χ1) is 8.09. The van der Waals surface area contributed by atoms with Crippen molar-refractivity contribution >= 4 is 17.9 Å². The summed E-state index contributed by atoms with van der Waals surface area (Å²) in [5.41, 5.74) is 4.78. The third-order valence-electron chi connectivity index (χ3n) is 2.24. The molecule has 8 nitrogen and oxygen atoms in total. The number of hydrazine groups is 1. The molecule has 0 bridgehead atoms. The lowest BCUT2D eigenvalue weighted by Gasteiger charge is -2.24. The topological polar surface area (TPSA) is 120 Å². The zero-order valence-electron chi connectivity index (χ0n) is 9.28. The van der Waals surface area contributed by atoms with Crippen LogP contribution in [-0.2, 0) is 9.59 Å². The van der Waals surface area contributed by atoms with Crippen molar-refractivity contribution in [2.24, 2.45) is 0 Å². The molecule has 3 amide bonds. The third-order valence-corrected chi connectivity index (χ3v) is 2.24. The van der Waals surface area contributed by atoms with Crippen LogP contribution in [0.1, 0.15) is 25.7 Å². The number of hydrogen-bond acceptors (Lipinski definition) is 5. The molecule has 0 aliphatic carbocycles. The number of carboxylic acid groups (broad SMARTS) is 1. The number of aliphatic carboxylic acids is 1. The average Bonchev–Trinajstić information content (AvgIpc) is 2.25. The van der Waals surface area contributed by atoms with Crippen LogP contribution >= 0.6 is 0 Å². The third kappa shape index (κ3) is 5.27. The predicted molar refractivity (Wildman–Crippen MR) is 57.7 cm³/mol. The summed E-state index contributed by atoms with van der Waals surface area (Å²) in [6.45, 7) is 0.570. The molecule has 0 aromatic heterocycles. The van der Waals surface area contributed by atoms with E-state index in [1.807, 2.05) is 0 Å². The summed E-state index contributed by atoms with van der Waals surface area (Å²) >= 11 is 0. The van der Waals surface area contributed by atoms with E-state index in [1.165, 1.54) is 0 Å². The summed E-state index contributed by atoms with van der Waals surface area (Å²) in [7, 11) is 0. The van der Waals surface area contributed by atoms with Gasteiger partial charge in [0.05, 0.1) is 0 Å². The molecular formula is C9H16N4O4. The van der Waals surface area contributed by atoms with Gasteiger partial charge in [0.1, 0.15) is 0 Å². The van der Waals surface area contributed by atoms with Crippen molar-refractivity contribution in [3.63, 3.8) is 0 Å². The van der Waals surface area contributed by atoms with Gasteiger partial charge in [-0.1, -0.05) is 6.42 Å². The second-order valence-electron chi connectivity index (χ2n) is 3.68. The summed E-state index contributed by atoms with van der Waals surface area (Å²) in [5.74, 6) is -1.23. The van der Waals surface area contributed by atoms with Gasteiger partial charge in [0.25, 0.3) is 5.91 Å². The first-order valence-electron chi connectivity index (χ1n) is 5.41. The molecule has 1 atom stereocenters. The molecule has 0 radical (unpaired) electrons. The Labute approximate surface area is 98.1 Å². The Hall–Kier alpha value is -1.67. The van der Waals surface area contributed by atoms with Crippen molar-refractivity contribution in [3.05, 3.63) is 0 Å². The van der Waals surface area contributed by atoms with Gasteiger partial charge < -0.3 is 5.11 Å². The molecule has 0 saturated carbocycles. The van der Waals surface area contributed by atoms with Crippen molar-refractivity contribution in [3.8, 4) is 0 Å². The Morgan fingerprint density at radius 1 is 1.29 bits per heavy atom. The van der Waals surface area contributed by atoms with Gasteiger partial charge in [0, 0.05) is 6.42 Å². The van der Waals surface area contributed by atoms with Crippen molar-refractivity contribution in [1.82, 2.24) is 21.5 Å². The monoisotopic (exact) mass is 244 g/mol. The second-order valence-corrected chi connectivity index (χ2v) is 3.68. The molecule has 5 N–H and O–H groups in total. The predicted octanol–water partition coefficient (Wildman–Crippen LogP) is -1.11. The maximum absolute atomic E-state index is 11.2. The lowest BCUT2D eigenvalue weighted by atomic mass is 10.2. The minimum atomic E-state index is -0.797. The zero-order valence-corrected chi connectivity index (χ0v) is 9.28. The highest BCUT2D eigenvalue weighted by Gasteiger charge is 2.24. The molecule has 1 fully saturated rings. The molecule has 8 heteroatoms. The van der Waals surface area contributed by atoms with E-state index in [-0.39, 0.29) is 6.42 Å². The standard InChI is InChI=1S/C9H16N4O4/c14-6(15)4-2-1-3-5-10-7-8(16)11-9(17)13-12-7/h7,10,12H,1-5H2,(H,14,15)(H2,11,13,16,17). The summed E-state index contributed by atoms with van der Waals surface area (Å²) in [6, 6.07) is -0.575. The van der Waals surface area contributed by atoms with Crippen LogP contribution in [0.2, 0.25) is 0 Å². The van der Waals surface area contributed by atoms with Gasteiger partial charge in [0.2, 0.25) is 0 Å². The van der Waals surface area contributed by atoms with Crippen LogP contribution in [0.5, 0.6) is 0 Å². The smallest absolute Gasteiger partial charge is 0.335 e. The number of imide groups is 1. The highest BCUT2D eigenvalue weighted by Crippen LogP contribution is 1.98. The fraction of sp³-hybridized carbons (Fsp3) is 0.667. The van der Waals surface area contributed by atoms with Gasteiger partial charge in [-0.2, -0.15) is 0 Å². The van der Waals surface area contributed by atoms with Gasteiger partial charge in [-0.3, -0.25) is 25.6 Å². The average molecular weight is 244 g/mol. The number of carbonyl (C=O) groups is 3. The van der Waals surface area contributed by atoms with E-state index in [4.69, 9.17) is 5.11 Å². The Morgan fingerprint density at radius 2 is 2.06 bits per heavy atom. The van der Waals surface area contributed by atoms with Gasteiger partial charge >= 0.3 is 12.0 Å². The first-order valence-corrected chi connectivity index (χ1v) is 5.41. The van der Waals surface area contributed by atoms with E-state index in [0.29, 0.717) is 13.0 Å². The molecule has 1 aliphatic rings. The lowest BCUT2D eigenvalue weighted by Crippen LogP contribution is -2.67. The lowest BCUT2D eigenvalue weighted by molar-refractivity contribution is -0.137. The Balaban J connectivity index is 2.04. The van der Waals surface area contributed by atoms with Crippen LogP contribution in [0.3, 0.4) is 0 Å². The number of unbranched alkanes of at least 4 members (excludes halogenated alkanes) is 2. The fourth-order valence-corrected chi connectivity index (χ4v) is 1.39. The van der Waals surface area contributed by atoms with Gasteiger partial charge in [-0.25, -0.2) is 10.2 Å². The summed E-state index contributed by atoms with van der Waals surface area (Å²) in [4.78, 5) is 32.2. The van der Waals surface area contributed by atoms with Crippen molar-refractivity contribution < 1.29 is 19.5 Å². The van der Waals surface area contributed by atoms with E-state index in [9.17, 15) is 14.4 Å². The van der Waals surface area contributed by atoms with Crippen molar-refractivity contribution in [2.45, 2.75) is 31.8 Å². The summed E-state index contributed by atoms with van der Waals surface area (Å²) < 4.78 is 0. The SMILES string of the molecule is O=C(O)CCCCCNC1NNC(=O)NC1=O. The van der Waals surface area contributed by atoms with Crippen LogP contribution in [-0.4, -0.2) is 35.7 Å². The summed E-state index contributed by atoms with van der Waals surface area (Å²) in [6.07, 6.45) is 1.69. The fourth-order valence-electron chi connectivity index (χ4n) is 1.39. The zero-order chi connectivity index (χ0) is 12.7. The number of nitrogens with one attached hydrogen (secondary N) is 4.